The lowest BCUT2D eigenvalue weighted by atomic mass is 10.1. The molecule has 3 aromatic rings. The Kier molecular flexibility index (Phi) is 6.76. The second-order valence-corrected chi connectivity index (χ2v) is 8.91. The van der Waals surface area contributed by atoms with Crippen molar-refractivity contribution in [2.24, 2.45) is 0 Å². The van der Waals surface area contributed by atoms with Crippen molar-refractivity contribution in [2.45, 2.75) is 38.0 Å². The van der Waals surface area contributed by atoms with Gasteiger partial charge in [0.2, 0.25) is 0 Å². The minimum absolute atomic E-state index is 0.305. The van der Waals surface area contributed by atoms with Gasteiger partial charge in [-0.1, -0.05) is 73.1 Å². The molecule has 0 unspecified atom stereocenters. The van der Waals surface area contributed by atoms with E-state index < -0.39 is 0 Å². The Morgan fingerprint density at radius 1 is 0.844 bits per heavy atom. The predicted molar refractivity (Wildman–Crippen MR) is 132 cm³/mol. The van der Waals surface area contributed by atoms with Crippen molar-refractivity contribution in [1.29, 1.82) is 0 Å². The molecule has 0 atom stereocenters. The third-order valence-electron chi connectivity index (χ3n) is 5.34. The average Bonchev–Trinajstić information content (AvgIpc) is 3.04. The number of aryl methyl sites for hydroxylation is 2. The summed E-state index contributed by atoms with van der Waals surface area (Å²) in [5.74, 6) is -0.643. The molecule has 0 fully saturated rings. The summed E-state index contributed by atoms with van der Waals surface area (Å²) in [7, 11) is 0. The number of amides is 2. The quantitative estimate of drug-likeness (QED) is 0.414. The van der Waals surface area contributed by atoms with Crippen molar-refractivity contribution in [3.05, 3.63) is 101 Å². The highest BCUT2D eigenvalue weighted by atomic mass is 32.2. The van der Waals surface area contributed by atoms with Crippen LogP contribution >= 0.6 is 11.8 Å². The predicted octanol–water partition coefficient (Wildman–Crippen LogP) is 6.33. The van der Waals surface area contributed by atoms with E-state index in [0.717, 1.165) is 35.4 Å². The minimum Gasteiger partial charge on any atom is -0.350 e. The van der Waals surface area contributed by atoms with Crippen molar-refractivity contribution in [2.75, 3.05) is 10.2 Å². The Bertz CT molecular complexity index is 1140. The summed E-state index contributed by atoms with van der Waals surface area (Å²) in [5, 5.41) is 3.19. The molecule has 0 saturated heterocycles. The third-order valence-corrected chi connectivity index (χ3v) is 6.43. The molecule has 3 aromatic carbocycles. The number of carbonyl (C=O) groups excluding carboxylic acids is 2. The molecule has 1 N–H and O–H groups in total. The zero-order valence-corrected chi connectivity index (χ0v) is 19.1. The molecule has 0 saturated carbocycles. The summed E-state index contributed by atoms with van der Waals surface area (Å²) in [4.78, 5) is 29.4. The molecular formula is C27H26N2O2S. The van der Waals surface area contributed by atoms with Crippen LogP contribution in [-0.4, -0.2) is 11.8 Å². The molecule has 0 spiro atoms. The molecule has 162 valence electrons. The van der Waals surface area contributed by atoms with Gasteiger partial charge in [-0.2, -0.15) is 0 Å². The van der Waals surface area contributed by atoms with Gasteiger partial charge in [0, 0.05) is 10.6 Å². The van der Waals surface area contributed by atoms with Crippen LogP contribution in [0.4, 0.5) is 11.4 Å². The second-order valence-electron chi connectivity index (χ2n) is 7.83. The zero-order chi connectivity index (χ0) is 22.5. The highest BCUT2D eigenvalue weighted by Gasteiger charge is 2.40. The van der Waals surface area contributed by atoms with Gasteiger partial charge in [0.25, 0.3) is 11.8 Å². The molecule has 0 aromatic heterocycles. The van der Waals surface area contributed by atoms with Crippen LogP contribution in [0.5, 0.6) is 0 Å². The van der Waals surface area contributed by atoms with E-state index in [4.69, 9.17) is 0 Å². The lowest BCUT2D eigenvalue weighted by Crippen LogP contribution is -2.32. The number of imide groups is 1. The molecule has 4 rings (SSSR count). The number of nitrogens with one attached hydrogen (secondary N) is 1. The largest absolute Gasteiger partial charge is 0.350 e. The molecule has 0 aliphatic carbocycles. The van der Waals surface area contributed by atoms with E-state index >= 15 is 0 Å². The first kappa shape index (κ1) is 21.9. The fourth-order valence-electron chi connectivity index (χ4n) is 3.53. The lowest BCUT2D eigenvalue weighted by molar-refractivity contribution is -0.120. The van der Waals surface area contributed by atoms with Gasteiger partial charge in [0.05, 0.1) is 5.69 Å². The molecule has 0 bridgehead atoms. The van der Waals surface area contributed by atoms with E-state index in [0.29, 0.717) is 16.3 Å². The smallest absolute Gasteiger partial charge is 0.283 e. The number of unbranched alkanes of at least 4 members (excludes halogenated alkanes) is 1. The number of anilines is 2. The summed E-state index contributed by atoms with van der Waals surface area (Å²) in [5.41, 5.74) is 4.01. The van der Waals surface area contributed by atoms with E-state index in [1.807, 2.05) is 85.8 Å². The molecule has 0 radical (unpaired) electrons. The maximum atomic E-state index is 13.4. The number of benzene rings is 3. The molecule has 5 heteroatoms. The summed E-state index contributed by atoms with van der Waals surface area (Å²) in [6, 6.07) is 25.1. The molecule has 1 aliphatic heterocycles. The summed E-state index contributed by atoms with van der Waals surface area (Å²) in [6.07, 6.45) is 3.24. The normalized spacial score (nSPS) is 13.8. The molecular weight excluding hydrogens is 416 g/mol. The van der Waals surface area contributed by atoms with E-state index in [2.05, 4.69) is 12.2 Å². The number of thioether (sulfide) groups is 1. The molecule has 4 nitrogen and oxygen atoms in total. The van der Waals surface area contributed by atoms with E-state index in [9.17, 15) is 9.59 Å². The Balaban J connectivity index is 1.66. The van der Waals surface area contributed by atoms with Crippen LogP contribution in [0.15, 0.2) is 94.4 Å². The highest BCUT2D eigenvalue weighted by molar-refractivity contribution is 8.04. The number of hydrogen-bond acceptors (Lipinski definition) is 4. The van der Waals surface area contributed by atoms with E-state index in [1.54, 1.807) is 0 Å². The fraction of sp³-hybridized carbons (Fsp3) is 0.185. The van der Waals surface area contributed by atoms with Crippen molar-refractivity contribution in [3.63, 3.8) is 0 Å². The summed E-state index contributed by atoms with van der Waals surface area (Å²) >= 11 is 1.32. The van der Waals surface area contributed by atoms with Crippen LogP contribution in [0.25, 0.3) is 0 Å². The molecule has 1 aliphatic rings. The van der Waals surface area contributed by atoms with E-state index in [-0.39, 0.29) is 11.8 Å². The van der Waals surface area contributed by atoms with Crippen LogP contribution in [0, 0.1) is 6.92 Å². The van der Waals surface area contributed by atoms with Crippen LogP contribution < -0.4 is 10.2 Å². The monoisotopic (exact) mass is 442 g/mol. The van der Waals surface area contributed by atoms with Gasteiger partial charge < -0.3 is 5.32 Å². The summed E-state index contributed by atoms with van der Waals surface area (Å²) in [6.45, 7) is 4.18. The van der Waals surface area contributed by atoms with Gasteiger partial charge >= 0.3 is 0 Å². The van der Waals surface area contributed by atoms with Crippen LogP contribution in [0.3, 0.4) is 0 Å². The van der Waals surface area contributed by atoms with Crippen molar-refractivity contribution < 1.29 is 9.59 Å². The van der Waals surface area contributed by atoms with Gasteiger partial charge in [0.1, 0.15) is 10.6 Å². The molecule has 32 heavy (non-hydrogen) atoms. The van der Waals surface area contributed by atoms with Crippen molar-refractivity contribution in [3.8, 4) is 0 Å². The number of hydrogen-bond donors (Lipinski definition) is 1. The number of nitrogens with zero attached hydrogens (tertiary/aromatic N) is 1. The van der Waals surface area contributed by atoms with Crippen molar-refractivity contribution >= 4 is 35.0 Å². The lowest BCUT2D eigenvalue weighted by Gasteiger charge is -2.16. The number of para-hydroxylation sites is 1. The van der Waals surface area contributed by atoms with E-state index in [1.165, 1.54) is 22.2 Å². The Labute approximate surface area is 193 Å². The second kappa shape index (κ2) is 9.88. The molecule has 1 heterocycles. The minimum atomic E-state index is -0.338. The standard InChI is InChI=1S/C27H26N2O2S/c1-3-4-8-20-13-15-22(16-14-20)29-26(30)24(28-21-9-6-5-7-10-21)25(27(29)31)32-23-17-11-19(2)12-18-23/h5-7,9-18,28H,3-4,8H2,1-2H3. The molecule has 2 amide bonds. The topological polar surface area (TPSA) is 49.4 Å². The first-order chi connectivity index (χ1) is 15.6. The maximum absolute atomic E-state index is 13.4. The first-order valence-corrected chi connectivity index (χ1v) is 11.7. The van der Waals surface area contributed by atoms with Gasteiger partial charge in [0.15, 0.2) is 0 Å². The fourth-order valence-corrected chi connectivity index (χ4v) is 4.46. The highest BCUT2D eigenvalue weighted by Crippen LogP contribution is 2.38. The number of rotatable bonds is 8. The summed E-state index contributed by atoms with van der Waals surface area (Å²) < 4.78 is 0. The maximum Gasteiger partial charge on any atom is 0.283 e. The zero-order valence-electron chi connectivity index (χ0n) is 18.3. The van der Waals surface area contributed by atoms with Crippen LogP contribution in [-0.2, 0) is 16.0 Å². The van der Waals surface area contributed by atoms with Gasteiger partial charge in [-0.25, -0.2) is 4.90 Å². The third kappa shape index (κ3) is 4.78. The Hall–Kier alpha value is -3.31. The Morgan fingerprint density at radius 3 is 2.19 bits per heavy atom. The van der Waals surface area contributed by atoms with Crippen LogP contribution in [0.1, 0.15) is 30.9 Å². The average molecular weight is 443 g/mol. The Morgan fingerprint density at radius 2 is 1.53 bits per heavy atom. The van der Waals surface area contributed by atoms with Crippen molar-refractivity contribution in [1.82, 2.24) is 0 Å². The number of carbonyl (C=O) groups is 2. The SMILES string of the molecule is CCCCc1ccc(N2C(=O)C(Nc3ccccc3)=C(Sc3ccc(C)cc3)C2=O)cc1. The van der Waals surface area contributed by atoms with Gasteiger partial charge in [-0.3, -0.25) is 9.59 Å². The first-order valence-electron chi connectivity index (χ1n) is 10.9. The van der Waals surface area contributed by atoms with Gasteiger partial charge in [-0.05, 0) is 61.7 Å². The van der Waals surface area contributed by atoms with Gasteiger partial charge in [-0.15, -0.1) is 0 Å². The van der Waals surface area contributed by atoms with Crippen LogP contribution in [0.2, 0.25) is 0 Å².